The van der Waals surface area contributed by atoms with E-state index < -0.39 is 21.3 Å². The number of imidazole rings is 2. The predicted octanol–water partition coefficient (Wildman–Crippen LogP) is -0.369. The molecule has 1 aromatic carbocycles. The first kappa shape index (κ1) is 17.2. The summed E-state index contributed by atoms with van der Waals surface area (Å²) in [5.74, 6) is 0.434. The Bertz CT molecular complexity index is 1450. The zero-order valence-electron chi connectivity index (χ0n) is 14.7. The van der Waals surface area contributed by atoms with Gasteiger partial charge in [0.05, 0.1) is 4.90 Å². The van der Waals surface area contributed by atoms with E-state index in [1.165, 1.54) is 23.7 Å². The van der Waals surface area contributed by atoms with Gasteiger partial charge in [-0.25, -0.2) is 18.4 Å². The quantitative estimate of drug-likeness (QED) is 0.501. The van der Waals surface area contributed by atoms with Crippen molar-refractivity contribution in [3.8, 4) is 5.69 Å². The van der Waals surface area contributed by atoms with Crippen molar-refractivity contribution in [3.05, 3.63) is 57.0 Å². The maximum Gasteiger partial charge on any atom is 0.332 e. The van der Waals surface area contributed by atoms with Gasteiger partial charge in [-0.05, 0) is 31.2 Å². The summed E-state index contributed by atoms with van der Waals surface area (Å²) in [5, 5.41) is 5.14. The SMILES string of the molecule is Cc1cn2c3c(=O)n(C)c(=O)n(C)c3nc2n1-c1ccc(S(N)(=O)=O)cc1. The second-order valence-corrected chi connectivity index (χ2v) is 7.87. The molecular weight excluding hydrogens is 372 g/mol. The highest BCUT2D eigenvalue weighted by atomic mass is 32.2. The van der Waals surface area contributed by atoms with E-state index in [4.69, 9.17) is 5.14 Å². The average molecular weight is 388 g/mol. The third kappa shape index (κ3) is 2.35. The van der Waals surface area contributed by atoms with Crippen molar-refractivity contribution in [3.63, 3.8) is 0 Å². The summed E-state index contributed by atoms with van der Waals surface area (Å²) in [5.41, 5.74) is 1.08. The summed E-state index contributed by atoms with van der Waals surface area (Å²) in [6.07, 6.45) is 1.74. The molecule has 140 valence electrons. The lowest BCUT2D eigenvalue weighted by atomic mass is 10.3. The molecule has 0 unspecified atom stereocenters. The van der Waals surface area contributed by atoms with Crippen molar-refractivity contribution in [1.82, 2.24) is 23.1 Å². The number of aryl methyl sites for hydroxylation is 2. The Morgan fingerprint density at radius 2 is 1.67 bits per heavy atom. The highest BCUT2D eigenvalue weighted by Crippen LogP contribution is 2.21. The molecule has 0 spiro atoms. The van der Waals surface area contributed by atoms with Gasteiger partial charge in [0.25, 0.3) is 5.56 Å². The molecule has 4 rings (SSSR count). The molecule has 0 aliphatic heterocycles. The van der Waals surface area contributed by atoms with Gasteiger partial charge in [-0.1, -0.05) is 0 Å². The topological polar surface area (TPSA) is 126 Å². The van der Waals surface area contributed by atoms with Crippen molar-refractivity contribution in [2.75, 3.05) is 0 Å². The van der Waals surface area contributed by atoms with Crippen LogP contribution >= 0.6 is 0 Å². The van der Waals surface area contributed by atoms with Gasteiger partial charge in [0.2, 0.25) is 15.8 Å². The molecule has 0 amide bonds. The molecule has 3 aromatic heterocycles. The molecular formula is C16H16N6O4S. The number of primary sulfonamides is 1. The molecule has 3 heterocycles. The van der Waals surface area contributed by atoms with Crippen LogP contribution in [-0.4, -0.2) is 31.5 Å². The second-order valence-electron chi connectivity index (χ2n) is 6.30. The number of rotatable bonds is 2. The molecule has 0 saturated heterocycles. The summed E-state index contributed by atoms with van der Waals surface area (Å²) in [6.45, 7) is 1.83. The Kier molecular flexibility index (Phi) is 3.45. The van der Waals surface area contributed by atoms with Gasteiger partial charge >= 0.3 is 5.69 Å². The molecule has 11 heteroatoms. The Morgan fingerprint density at radius 1 is 1.04 bits per heavy atom. The normalized spacial score (nSPS) is 12.3. The van der Waals surface area contributed by atoms with E-state index in [2.05, 4.69) is 4.98 Å². The molecule has 0 bridgehead atoms. The number of hydrogen-bond donors (Lipinski definition) is 1. The lowest BCUT2D eigenvalue weighted by Crippen LogP contribution is -2.37. The van der Waals surface area contributed by atoms with Crippen LogP contribution in [0.25, 0.3) is 22.6 Å². The molecule has 10 nitrogen and oxygen atoms in total. The van der Waals surface area contributed by atoms with Crippen molar-refractivity contribution in [2.24, 2.45) is 19.2 Å². The Hall–Kier alpha value is -3.18. The van der Waals surface area contributed by atoms with Crippen LogP contribution in [0.1, 0.15) is 5.69 Å². The van der Waals surface area contributed by atoms with Gasteiger partial charge in [-0.2, -0.15) is 4.98 Å². The molecule has 27 heavy (non-hydrogen) atoms. The van der Waals surface area contributed by atoms with Crippen LogP contribution in [0.2, 0.25) is 0 Å². The maximum atomic E-state index is 12.6. The van der Waals surface area contributed by atoms with Gasteiger partial charge in [-0.3, -0.25) is 22.9 Å². The van der Waals surface area contributed by atoms with E-state index in [0.29, 0.717) is 11.5 Å². The minimum absolute atomic E-state index is 0.00292. The summed E-state index contributed by atoms with van der Waals surface area (Å²) < 4.78 is 28.6. The first-order valence-corrected chi connectivity index (χ1v) is 9.45. The van der Waals surface area contributed by atoms with Crippen LogP contribution in [-0.2, 0) is 24.1 Å². The standard InChI is InChI=1S/C16H16N6O4S/c1-9-8-21-12-13(19(2)16(24)20(3)14(12)23)18-15(21)22(9)10-4-6-11(7-5-10)27(17,25)26/h4-8H,1-3H3,(H2,17,25,26). The highest BCUT2D eigenvalue weighted by Gasteiger charge is 2.19. The number of sulfonamides is 1. The van der Waals surface area contributed by atoms with Crippen molar-refractivity contribution < 1.29 is 8.42 Å². The van der Waals surface area contributed by atoms with Gasteiger partial charge in [0.1, 0.15) is 0 Å². The van der Waals surface area contributed by atoms with Crippen molar-refractivity contribution in [1.29, 1.82) is 0 Å². The lowest BCUT2D eigenvalue weighted by Gasteiger charge is -2.06. The third-order valence-corrected chi connectivity index (χ3v) is 5.49. The Labute approximate surface area is 152 Å². The Morgan fingerprint density at radius 3 is 2.26 bits per heavy atom. The smallest absolute Gasteiger partial charge is 0.283 e. The maximum absolute atomic E-state index is 12.6. The number of aromatic nitrogens is 5. The number of hydrogen-bond acceptors (Lipinski definition) is 5. The van der Waals surface area contributed by atoms with Gasteiger partial charge in [-0.15, -0.1) is 0 Å². The molecule has 0 atom stereocenters. The molecule has 2 N–H and O–H groups in total. The van der Waals surface area contributed by atoms with Crippen molar-refractivity contribution >= 4 is 27.0 Å². The lowest BCUT2D eigenvalue weighted by molar-refractivity contribution is 0.598. The minimum atomic E-state index is -3.79. The molecule has 0 radical (unpaired) electrons. The average Bonchev–Trinajstić information content (AvgIpc) is 3.12. The number of fused-ring (bicyclic) bond motifs is 3. The van der Waals surface area contributed by atoms with Crippen LogP contribution in [0.5, 0.6) is 0 Å². The van der Waals surface area contributed by atoms with Crippen LogP contribution < -0.4 is 16.4 Å². The zero-order chi connectivity index (χ0) is 19.7. The van der Waals surface area contributed by atoms with Crippen LogP contribution in [0.4, 0.5) is 0 Å². The summed E-state index contributed by atoms with van der Waals surface area (Å²) in [6, 6.07) is 6.00. The van der Waals surface area contributed by atoms with E-state index in [-0.39, 0.29) is 16.1 Å². The third-order valence-electron chi connectivity index (χ3n) is 4.56. The minimum Gasteiger partial charge on any atom is -0.283 e. The van der Waals surface area contributed by atoms with Crippen molar-refractivity contribution in [2.45, 2.75) is 11.8 Å². The van der Waals surface area contributed by atoms with Crippen LogP contribution in [0, 0.1) is 6.92 Å². The van der Waals surface area contributed by atoms with E-state index in [1.807, 2.05) is 6.92 Å². The second kappa shape index (κ2) is 5.41. The van der Waals surface area contributed by atoms with Crippen LogP contribution in [0.3, 0.4) is 0 Å². The van der Waals surface area contributed by atoms with E-state index in [0.717, 1.165) is 10.3 Å². The van der Waals surface area contributed by atoms with Gasteiger partial charge < -0.3 is 0 Å². The van der Waals surface area contributed by atoms with E-state index in [1.54, 1.807) is 34.3 Å². The highest BCUT2D eigenvalue weighted by molar-refractivity contribution is 7.89. The summed E-state index contributed by atoms with van der Waals surface area (Å²) in [7, 11) is -0.828. The molecule has 0 saturated carbocycles. The molecule has 0 fully saturated rings. The number of nitrogens with two attached hydrogens (primary N) is 1. The fourth-order valence-electron chi connectivity index (χ4n) is 3.19. The monoisotopic (exact) mass is 388 g/mol. The zero-order valence-corrected chi connectivity index (χ0v) is 15.6. The van der Waals surface area contributed by atoms with E-state index in [9.17, 15) is 18.0 Å². The Balaban J connectivity index is 2.07. The predicted molar refractivity (Wildman–Crippen MR) is 98.6 cm³/mol. The number of nitrogens with zero attached hydrogens (tertiary/aromatic N) is 5. The summed E-state index contributed by atoms with van der Waals surface area (Å²) >= 11 is 0. The van der Waals surface area contributed by atoms with Crippen LogP contribution in [0.15, 0.2) is 44.9 Å². The first-order chi connectivity index (χ1) is 12.6. The van der Waals surface area contributed by atoms with Gasteiger partial charge in [0.15, 0.2) is 11.2 Å². The fraction of sp³-hybridized carbons (Fsp3) is 0.188. The molecule has 0 aliphatic rings. The molecule has 0 aliphatic carbocycles. The number of benzene rings is 1. The molecule has 4 aromatic rings. The fourth-order valence-corrected chi connectivity index (χ4v) is 3.70. The van der Waals surface area contributed by atoms with Gasteiger partial charge in [0, 0.05) is 31.7 Å². The summed E-state index contributed by atoms with van der Waals surface area (Å²) in [4.78, 5) is 29.2. The first-order valence-electron chi connectivity index (χ1n) is 7.90. The largest absolute Gasteiger partial charge is 0.332 e. The van der Waals surface area contributed by atoms with E-state index >= 15 is 0 Å².